The number of carbonyl (C=O) groups excluding carboxylic acids is 1. The van der Waals surface area contributed by atoms with Gasteiger partial charge in [0.15, 0.2) is 17.3 Å². The van der Waals surface area contributed by atoms with Gasteiger partial charge >= 0.3 is 12.6 Å². The van der Waals surface area contributed by atoms with Crippen LogP contribution < -0.4 is 10.5 Å². The van der Waals surface area contributed by atoms with Gasteiger partial charge in [0.25, 0.3) is 0 Å². The maximum absolute atomic E-state index is 14.5. The molecule has 0 aliphatic heterocycles. The number of nitrogen functional groups attached to an aromatic ring is 1. The topological polar surface area (TPSA) is 74.4 Å². The molecule has 0 aliphatic rings. The van der Waals surface area contributed by atoms with E-state index < -0.39 is 24.1 Å². The van der Waals surface area contributed by atoms with Crippen LogP contribution in [0.1, 0.15) is 10.5 Å². The number of halogens is 5. The van der Waals surface area contributed by atoms with Crippen molar-refractivity contribution in [3.63, 3.8) is 0 Å². The standard InChI is InChI=1S/C14H9Cl2F3N2O3/c1-23-13(22)11-9(16)7(20)4-8(21-11)5-2-3-6(15)12(10(5)17)24-14(18)19/h2-4,14H,1H3,(H2,20,21). The first kappa shape index (κ1) is 18.2. The second kappa shape index (κ2) is 7.14. The maximum Gasteiger partial charge on any atom is 0.387 e. The van der Waals surface area contributed by atoms with Gasteiger partial charge < -0.3 is 15.2 Å². The molecular weight excluding hydrogens is 372 g/mol. The maximum atomic E-state index is 14.5. The van der Waals surface area contributed by atoms with Crippen LogP contribution in [-0.4, -0.2) is 24.7 Å². The van der Waals surface area contributed by atoms with E-state index in [2.05, 4.69) is 14.5 Å². The Morgan fingerprint density at radius 1 is 1.33 bits per heavy atom. The number of esters is 1. The van der Waals surface area contributed by atoms with Gasteiger partial charge in [-0.3, -0.25) is 0 Å². The highest BCUT2D eigenvalue weighted by atomic mass is 35.5. The van der Waals surface area contributed by atoms with Gasteiger partial charge in [0.05, 0.1) is 28.5 Å². The number of rotatable bonds is 4. The van der Waals surface area contributed by atoms with Crippen molar-refractivity contribution in [3.05, 3.63) is 39.8 Å². The van der Waals surface area contributed by atoms with Crippen LogP contribution in [-0.2, 0) is 4.74 Å². The average molecular weight is 381 g/mol. The molecule has 0 bridgehead atoms. The number of hydrogen-bond acceptors (Lipinski definition) is 5. The lowest BCUT2D eigenvalue weighted by Gasteiger charge is -2.12. The number of nitrogens with two attached hydrogens (primary N) is 1. The van der Waals surface area contributed by atoms with Gasteiger partial charge in [-0.1, -0.05) is 23.2 Å². The fourth-order valence-corrected chi connectivity index (χ4v) is 2.21. The first-order valence-corrected chi connectivity index (χ1v) is 6.99. The number of alkyl halides is 2. The van der Waals surface area contributed by atoms with Crippen molar-refractivity contribution < 1.29 is 27.4 Å². The van der Waals surface area contributed by atoms with E-state index in [1.54, 1.807) is 0 Å². The summed E-state index contributed by atoms with van der Waals surface area (Å²) in [6.45, 7) is -3.28. The van der Waals surface area contributed by atoms with Crippen molar-refractivity contribution in [2.45, 2.75) is 6.61 Å². The molecule has 1 heterocycles. The van der Waals surface area contributed by atoms with Crippen LogP contribution in [0.25, 0.3) is 11.3 Å². The van der Waals surface area contributed by atoms with Gasteiger partial charge in [-0.05, 0) is 18.2 Å². The lowest BCUT2D eigenvalue weighted by Crippen LogP contribution is -2.09. The zero-order valence-corrected chi connectivity index (χ0v) is 13.5. The van der Waals surface area contributed by atoms with Crippen LogP contribution >= 0.6 is 23.2 Å². The predicted molar refractivity (Wildman–Crippen MR) is 82.0 cm³/mol. The Morgan fingerprint density at radius 3 is 2.58 bits per heavy atom. The van der Waals surface area contributed by atoms with Crippen molar-refractivity contribution in [3.8, 4) is 17.0 Å². The SMILES string of the molecule is COC(=O)c1nc(-c2ccc(Cl)c(OC(F)F)c2F)cc(N)c1Cl. The normalized spacial score (nSPS) is 10.8. The number of methoxy groups -OCH3 is 1. The minimum absolute atomic E-state index is 0.0762. The Kier molecular flexibility index (Phi) is 5.40. The molecule has 5 nitrogen and oxygen atoms in total. The van der Waals surface area contributed by atoms with Crippen molar-refractivity contribution >= 4 is 34.9 Å². The summed E-state index contributed by atoms with van der Waals surface area (Å²) in [7, 11) is 1.10. The molecule has 1 aromatic carbocycles. The fraction of sp³-hybridized carbons (Fsp3) is 0.143. The van der Waals surface area contributed by atoms with E-state index in [9.17, 15) is 18.0 Å². The van der Waals surface area contributed by atoms with Crippen LogP contribution in [0.3, 0.4) is 0 Å². The smallest absolute Gasteiger partial charge is 0.387 e. The van der Waals surface area contributed by atoms with E-state index in [1.165, 1.54) is 12.1 Å². The largest absolute Gasteiger partial charge is 0.464 e. The first-order chi connectivity index (χ1) is 11.3. The molecule has 0 saturated heterocycles. The summed E-state index contributed by atoms with van der Waals surface area (Å²) in [5.74, 6) is -2.93. The predicted octanol–water partition coefficient (Wildman–Crippen LogP) is 4.16. The molecule has 24 heavy (non-hydrogen) atoms. The quantitative estimate of drug-likeness (QED) is 0.805. The van der Waals surface area contributed by atoms with E-state index in [0.29, 0.717) is 0 Å². The Labute approximate surface area is 144 Å². The minimum Gasteiger partial charge on any atom is -0.464 e. The molecule has 0 saturated carbocycles. The van der Waals surface area contributed by atoms with Crippen molar-refractivity contribution in [1.29, 1.82) is 0 Å². The third-order valence-electron chi connectivity index (χ3n) is 2.90. The third kappa shape index (κ3) is 3.49. The Hall–Kier alpha value is -2.19. The first-order valence-electron chi connectivity index (χ1n) is 6.23. The molecule has 0 fully saturated rings. The summed E-state index contributed by atoms with van der Waals surface area (Å²) < 4.78 is 47.8. The molecule has 128 valence electrons. The highest BCUT2D eigenvalue weighted by Gasteiger charge is 2.22. The van der Waals surface area contributed by atoms with Gasteiger partial charge in [0.1, 0.15) is 0 Å². The van der Waals surface area contributed by atoms with E-state index in [0.717, 1.165) is 13.2 Å². The molecule has 2 rings (SSSR count). The summed E-state index contributed by atoms with van der Waals surface area (Å²) in [6.07, 6.45) is 0. The van der Waals surface area contributed by atoms with Gasteiger partial charge in [0, 0.05) is 5.56 Å². The Balaban J connectivity index is 2.64. The monoisotopic (exact) mass is 380 g/mol. The van der Waals surface area contributed by atoms with Gasteiger partial charge in [-0.2, -0.15) is 8.78 Å². The number of ether oxygens (including phenoxy) is 2. The highest BCUT2D eigenvalue weighted by molar-refractivity contribution is 6.35. The fourth-order valence-electron chi connectivity index (χ4n) is 1.85. The third-order valence-corrected chi connectivity index (χ3v) is 3.59. The van der Waals surface area contributed by atoms with Crippen molar-refractivity contribution in [1.82, 2.24) is 4.98 Å². The molecule has 0 atom stereocenters. The second-order valence-corrected chi connectivity index (χ2v) is 5.15. The molecule has 0 spiro atoms. The molecule has 0 amide bonds. The summed E-state index contributed by atoms with van der Waals surface area (Å²) in [6, 6.07) is 3.49. The number of carbonyl (C=O) groups is 1. The van der Waals surface area contributed by atoms with Crippen LogP contribution in [0.15, 0.2) is 18.2 Å². The molecule has 2 N–H and O–H groups in total. The van der Waals surface area contributed by atoms with Crippen LogP contribution in [0.4, 0.5) is 18.9 Å². The molecule has 1 aromatic heterocycles. The molecule has 0 radical (unpaired) electrons. The summed E-state index contributed by atoms with van der Waals surface area (Å²) in [4.78, 5) is 15.5. The van der Waals surface area contributed by atoms with Gasteiger partial charge in [0.2, 0.25) is 0 Å². The van der Waals surface area contributed by atoms with E-state index in [1.807, 2.05) is 0 Å². The van der Waals surface area contributed by atoms with Gasteiger partial charge in [-0.25, -0.2) is 14.2 Å². The van der Waals surface area contributed by atoms with Crippen molar-refractivity contribution in [2.75, 3.05) is 12.8 Å². The molecule has 0 aliphatic carbocycles. The Bertz CT molecular complexity index is 803. The Morgan fingerprint density at radius 2 is 2.00 bits per heavy atom. The number of hydrogen-bond donors (Lipinski definition) is 1. The van der Waals surface area contributed by atoms with Crippen LogP contribution in [0.5, 0.6) is 5.75 Å². The molecular formula is C14H9Cl2F3N2O3. The zero-order valence-electron chi connectivity index (χ0n) is 11.9. The summed E-state index contributed by atoms with van der Waals surface area (Å²) in [5, 5.41) is -0.532. The molecule has 0 unspecified atom stereocenters. The van der Waals surface area contributed by atoms with E-state index in [4.69, 9.17) is 28.9 Å². The number of nitrogens with zero attached hydrogens (tertiary/aromatic N) is 1. The number of pyridine rings is 1. The lowest BCUT2D eigenvalue weighted by molar-refractivity contribution is -0.0520. The number of aromatic nitrogens is 1. The lowest BCUT2D eigenvalue weighted by atomic mass is 10.1. The highest BCUT2D eigenvalue weighted by Crippen LogP contribution is 2.37. The number of anilines is 1. The van der Waals surface area contributed by atoms with E-state index in [-0.39, 0.29) is 32.7 Å². The zero-order chi connectivity index (χ0) is 18.0. The van der Waals surface area contributed by atoms with Crippen LogP contribution in [0, 0.1) is 5.82 Å². The van der Waals surface area contributed by atoms with E-state index >= 15 is 0 Å². The molecule has 10 heteroatoms. The summed E-state index contributed by atoms with van der Waals surface area (Å²) >= 11 is 11.5. The average Bonchev–Trinajstić information content (AvgIpc) is 2.53. The minimum atomic E-state index is -3.28. The second-order valence-electron chi connectivity index (χ2n) is 4.37. The number of benzene rings is 1. The van der Waals surface area contributed by atoms with Crippen LogP contribution in [0.2, 0.25) is 10.0 Å². The van der Waals surface area contributed by atoms with Gasteiger partial charge in [-0.15, -0.1) is 0 Å². The van der Waals surface area contributed by atoms with Crippen molar-refractivity contribution in [2.24, 2.45) is 0 Å². The molecule has 2 aromatic rings. The summed E-state index contributed by atoms with van der Waals surface area (Å²) in [5.41, 5.74) is 4.85.